The van der Waals surface area contributed by atoms with Crippen LogP contribution in [0.25, 0.3) is 10.6 Å². The molecule has 0 radical (unpaired) electrons. The number of hydrogen-bond acceptors (Lipinski definition) is 6. The van der Waals surface area contributed by atoms with Gasteiger partial charge < -0.3 is 5.32 Å². The highest BCUT2D eigenvalue weighted by Gasteiger charge is 2.39. The minimum atomic E-state index is -3.79. The SMILES string of the molecule is O=C(NCc1csc(-c2ccccc2)n1)[C@H]1CSCN1S(=O)(=O)c1ccc(Cl)cc1. The first-order chi connectivity index (χ1) is 14.4. The molecule has 6 nitrogen and oxygen atoms in total. The molecular weight excluding hydrogens is 462 g/mol. The number of benzene rings is 2. The Labute approximate surface area is 188 Å². The van der Waals surface area contributed by atoms with Crippen LogP contribution in [-0.2, 0) is 21.4 Å². The highest BCUT2D eigenvalue weighted by Crippen LogP contribution is 2.29. The number of thioether (sulfide) groups is 1. The van der Waals surface area contributed by atoms with E-state index in [1.54, 1.807) is 0 Å². The number of aromatic nitrogens is 1. The molecule has 1 amide bonds. The Morgan fingerprint density at radius 1 is 1.17 bits per heavy atom. The fourth-order valence-electron chi connectivity index (χ4n) is 3.01. The maximum absolute atomic E-state index is 13.0. The molecule has 2 aromatic carbocycles. The molecule has 0 unspecified atom stereocenters. The topological polar surface area (TPSA) is 79.4 Å². The van der Waals surface area contributed by atoms with E-state index in [4.69, 9.17) is 11.6 Å². The minimum absolute atomic E-state index is 0.124. The predicted octanol–water partition coefficient (Wildman–Crippen LogP) is 3.84. The average molecular weight is 480 g/mol. The zero-order valence-corrected chi connectivity index (χ0v) is 18.9. The summed E-state index contributed by atoms with van der Waals surface area (Å²) in [5, 5.41) is 6.06. The third kappa shape index (κ3) is 4.55. The van der Waals surface area contributed by atoms with Crippen molar-refractivity contribution in [3.05, 3.63) is 70.7 Å². The summed E-state index contributed by atoms with van der Waals surface area (Å²) in [6.45, 7) is 0.248. The molecule has 3 aromatic rings. The lowest BCUT2D eigenvalue weighted by molar-refractivity contribution is -0.124. The second-order valence-corrected chi connectivity index (χ2v) is 10.8. The smallest absolute Gasteiger partial charge is 0.244 e. The van der Waals surface area contributed by atoms with Crippen molar-refractivity contribution in [2.24, 2.45) is 0 Å². The summed E-state index contributed by atoms with van der Waals surface area (Å²) < 4.78 is 27.2. The van der Waals surface area contributed by atoms with Crippen molar-refractivity contribution in [2.45, 2.75) is 17.5 Å². The molecule has 4 rings (SSSR count). The molecule has 1 N–H and O–H groups in total. The van der Waals surface area contributed by atoms with E-state index < -0.39 is 16.1 Å². The second-order valence-electron chi connectivity index (χ2n) is 6.59. The van der Waals surface area contributed by atoms with E-state index in [0.717, 1.165) is 16.3 Å². The average Bonchev–Trinajstić information content (AvgIpc) is 3.43. The van der Waals surface area contributed by atoms with Crippen molar-refractivity contribution in [2.75, 3.05) is 11.6 Å². The summed E-state index contributed by atoms with van der Waals surface area (Å²) in [6.07, 6.45) is 0. The quantitative estimate of drug-likeness (QED) is 0.581. The third-order valence-corrected chi connectivity index (χ3v) is 8.82. The molecule has 0 saturated carbocycles. The van der Waals surface area contributed by atoms with Gasteiger partial charge in [-0.15, -0.1) is 23.1 Å². The molecular formula is C20H18ClN3O3S3. The van der Waals surface area contributed by atoms with Crippen LogP contribution in [0, 0.1) is 0 Å². The number of carbonyl (C=O) groups is 1. The molecule has 1 atom stereocenters. The highest BCUT2D eigenvalue weighted by atomic mass is 35.5. The Morgan fingerprint density at radius 2 is 1.90 bits per heavy atom. The normalized spacial score (nSPS) is 17.2. The largest absolute Gasteiger partial charge is 0.349 e. The Kier molecular flexibility index (Phi) is 6.45. The molecule has 1 saturated heterocycles. The van der Waals surface area contributed by atoms with Crippen LogP contribution < -0.4 is 5.32 Å². The first kappa shape index (κ1) is 21.3. The number of nitrogens with one attached hydrogen (secondary N) is 1. The summed E-state index contributed by atoms with van der Waals surface area (Å²) in [6, 6.07) is 15.0. The molecule has 30 heavy (non-hydrogen) atoms. The zero-order chi connectivity index (χ0) is 21.1. The van der Waals surface area contributed by atoms with E-state index in [2.05, 4.69) is 10.3 Å². The summed E-state index contributed by atoms with van der Waals surface area (Å²) in [5.41, 5.74) is 1.76. The molecule has 1 fully saturated rings. The van der Waals surface area contributed by atoms with E-state index in [1.165, 1.54) is 51.7 Å². The number of rotatable bonds is 6. The summed E-state index contributed by atoms with van der Waals surface area (Å²) in [7, 11) is -3.79. The van der Waals surface area contributed by atoms with Gasteiger partial charge in [-0.1, -0.05) is 41.9 Å². The van der Waals surface area contributed by atoms with Crippen LogP contribution in [0.15, 0.2) is 64.9 Å². The Bertz CT molecular complexity index is 1130. The van der Waals surface area contributed by atoms with Gasteiger partial charge in [0, 0.05) is 21.7 Å². The van der Waals surface area contributed by atoms with Crippen molar-refractivity contribution in [3.63, 3.8) is 0 Å². The molecule has 0 aliphatic carbocycles. The predicted molar refractivity (Wildman–Crippen MR) is 121 cm³/mol. The molecule has 10 heteroatoms. The van der Waals surface area contributed by atoms with Crippen LogP contribution in [0.3, 0.4) is 0 Å². The van der Waals surface area contributed by atoms with Crippen molar-refractivity contribution < 1.29 is 13.2 Å². The number of thiazole rings is 1. The van der Waals surface area contributed by atoms with E-state index in [9.17, 15) is 13.2 Å². The van der Waals surface area contributed by atoms with Crippen molar-refractivity contribution >= 4 is 50.6 Å². The Balaban J connectivity index is 1.43. The minimum Gasteiger partial charge on any atom is -0.349 e. The fraction of sp³-hybridized carbons (Fsp3) is 0.200. The van der Waals surface area contributed by atoms with Crippen molar-refractivity contribution in [1.29, 1.82) is 0 Å². The van der Waals surface area contributed by atoms with Gasteiger partial charge >= 0.3 is 0 Å². The standard InChI is InChI=1S/C20H18ClN3O3S3/c21-15-6-8-17(9-7-15)30(26,27)24-13-28-12-18(24)19(25)22-10-16-11-29-20(23-16)14-4-2-1-3-5-14/h1-9,11,18H,10,12-13H2,(H,22,25)/t18-/m1/s1. The van der Waals surface area contributed by atoms with Gasteiger partial charge in [-0.2, -0.15) is 4.31 Å². The van der Waals surface area contributed by atoms with Gasteiger partial charge in [0.25, 0.3) is 0 Å². The monoisotopic (exact) mass is 479 g/mol. The maximum atomic E-state index is 13.0. The van der Waals surface area contributed by atoms with Gasteiger partial charge in [0.15, 0.2) is 0 Å². The van der Waals surface area contributed by atoms with Crippen molar-refractivity contribution in [3.8, 4) is 10.6 Å². The van der Waals surface area contributed by atoms with Crippen LogP contribution in [0.1, 0.15) is 5.69 Å². The van der Waals surface area contributed by atoms with Crippen LogP contribution in [-0.4, -0.2) is 41.3 Å². The van der Waals surface area contributed by atoms with Gasteiger partial charge in [0.2, 0.25) is 15.9 Å². The van der Waals surface area contributed by atoms with Crippen LogP contribution in [0.2, 0.25) is 5.02 Å². The number of carbonyl (C=O) groups excluding carboxylic acids is 1. The molecule has 2 heterocycles. The lowest BCUT2D eigenvalue weighted by Crippen LogP contribution is -2.46. The van der Waals surface area contributed by atoms with E-state index in [1.807, 2.05) is 35.7 Å². The fourth-order valence-corrected chi connectivity index (χ4v) is 7.11. The second kappa shape index (κ2) is 9.07. The van der Waals surface area contributed by atoms with E-state index in [-0.39, 0.29) is 23.2 Å². The number of amides is 1. The molecule has 0 bridgehead atoms. The number of hydrogen-bond donors (Lipinski definition) is 1. The van der Waals surface area contributed by atoms with Crippen LogP contribution in [0.5, 0.6) is 0 Å². The molecule has 1 aliphatic heterocycles. The lowest BCUT2D eigenvalue weighted by atomic mass is 10.2. The molecule has 0 spiro atoms. The zero-order valence-electron chi connectivity index (χ0n) is 15.7. The summed E-state index contributed by atoms with van der Waals surface area (Å²) in [4.78, 5) is 17.4. The third-order valence-electron chi connectivity index (χ3n) is 4.58. The van der Waals surface area contributed by atoms with E-state index >= 15 is 0 Å². The van der Waals surface area contributed by atoms with E-state index in [0.29, 0.717) is 10.8 Å². The lowest BCUT2D eigenvalue weighted by Gasteiger charge is -2.22. The summed E-state index contributed by atoms with van der Waals surface area (Å²) in [5.74, 6) is 0.315. The van der Waals surface area contributed by atoms with Gasteiger partial charge in [-0.3, -0.25) is 4.79 Å². The molecule has 156 valence electrons. The number of sulfonamides is 1. The van der Waals surface area contributed by atoms with Crippen molar-refractivity contribution in [1.82, 2.24) is 14.6 Å². The first-order valence-corrected chi connectivity index (χ1v) is 12.9. The van der Waals surface area contributed by atoms with Crippen LogP contribution in [0.4, 0.5) is 0 Å². The highest BCUT2D eigenvalue weighted by molar-refractivity contribution is 8.00. The van der Waals surface area contributed by atoms with Gasteiger partial charge in [0.05, 0.1) is 23.0 Å². The Morgan fingerprint density at radius 3 is 2.63 bits per heavy atom. The number of nitrogens with zero attached hydrogens (tertiary/aromatic N) is 2. The molecule has 1 aliphatic rings. The first-order valence-electron chi connectivity index (χ1n) is 9.08. The van der Waals surface area contributed by atoms with Gasteiger partial charge in [-0.05, 0) is 24.3 Å². The Hall–Kier alpha value is -1.91. The summed E-state index contributed by atoms with van der Waals surface area (Å²) >= 11 is 8.78. The van der Waals surface area contributed by atoms with Crippen LogP contribution >= 0.6 is 34.7 Å². The maximum Gasteiger partial charge on any atom is 0.244 e. The number of halogens is 1. The van der Waals surface area contributed by atoms with Gasteiger partial charge in [0.1, 0.15) is 11.0 Å². The van der Waals surface area contributed by atoms with Gasteiger partial charge in [-0.25, -0.2) is 13.4 Å². The molecule has 1 aromatic heterocycles.